The summed E-state index contributed by atoms with van der Waals surface area (Å²) in [6.45, 7) is 0.667. The van der Waals surface area contributed by atoms with Crippen molar-refractivity contribution >= 4 is 11.5 Å². The third-order valence-electron chi connectivity index (χ3n) is 3.94. The van der Waals surface area contributed by atoms with Gasteiger partial charge in [-0.3, -0.25) is 4.98 Å². The Morgan fingerprint density at radius 2 is 1.96 bits per heavy atom. The fourth-order valence-electron chi connectivity index (χ4n) is 2.73. The molecule has 3 aromatic heterocycles. The van der Waals surface area contributed by atoms with Crippen molar-refractivity contribution in [2.45, 2.75) is 6.42 Å². The Hall–Kier alpha value is -3.48. The van der Waals surface area contributed by atoms with Crippen LogP contribution < -0.4 is 11.0 Å². The first kappa shape index (κ1) is 15.1. The van der Waals surface area contributed by atoms with Crippen LogP contribution in [0.3, 0.4) is 0 Å². The zero-order valence-electron chi connectivity index (χ0n) is 13.4. The second kappa shape index (κ2) is 6.56. The lowest BCUT2D eigenvalue weighted by molar-refractivity contribution is 0.985. The van der Waals surface area contributed by atoms with E-state index in [0.717, 1.165) is 17.5 Å². The van der Waals surface area contributed by atoms with Gasteiger partial charge < -0.3 is 5.32 Å². The first-order valence-corrected chi connectivity index (χ1v) is 7.97. The molecule has 124 valence electrons. The SMILES string of the molecule is O=c1[nH]nc2c(NCCc3cccnc3)ncc(-c3ccccc3)n12. The van der Waals surface area contributed by atoms with E-state index in [1.807, 2.05) is 48.7 Å². The van der Waals surface area contributed by atoms with Crippen LogP contribution in [-0.4, -0.2) is 31.1 Å². The number of fused-ring (bicyclic) bond motifs is 1. The predicted molar refractivity (Wildman–Crippen MR) is 95.5 cm³/mol. The first-order chi connectivity index (χ1) is 12.3. The van der Waals surface area contributed by atoms with Gasteiger partial charge in [0.25, 0.3) is 0 Å². The van der Waals surface area contributed by atoms with Gasteiger partial charge in [0, 0.05) is 24.5 Å². The average molecular weight is 332 g/mol. The monoisotopic (exact) mass is 332 g/mol. The summed E-state index contributed by atoms with van der Waals surface area (Å²) in [5.41, 5.74) is 2.94. The average Bonchev–Trinajstić information content (AvgIpc) is 3.06. The maximum absolute atomic E-state index is 12.2. The van der Waals surface area contributed by atoms with Gasteiger partial charge in [-0.2, -0.15) is 0 Å². The highest BCUT2D eigenvalue weighted by molar-refractivity contribution is 5.69. The van der Waals surface area contributed by atoms with E-state index in [4.69, 9.17) is 0 Å². The molecule has 1 aromatic carbocycles. The first-order valence-electron chi connectivity index (χ1n) is 7.97. The molecule has 25 heavy (non-hydrogen) atoms. The Kier molecular flexibility index (Phi) is 3.96. The van der Waals surface area contributed by atoms with Crippen molar-refractivity contribution in [3.63, 3.8) is 0 Å². The highest BCUT2D eigenvalue weighted by Gasteiger charge is 2.13. The molecule has 4 rings (SSSR count). The van der Waals surface area contributed by atoms with Crippen LogP contribution in [0.25, 0.3) is 16.9 Å². The number of nitrogens with one attached hydrogen (secondary N) is 2. The number of nitrogens with zero attached hydrogens (tertiary/aromatic N) is 4. The van der Waals surface area contributed by atoms with Gasteiger partial charge in [-0.25, -0.2) is 19.3 Å². The van der Waals surface area contributed by atoms with Gasteiger partial charge in [0.1, 0.15) is 0 Å². The smallest absolute Gasteiger partial charge is 0.348 e. The molecule has 0 unspecified atom stereocenters. The predicted octanol–water partition coefficient (Wildman–Crippen LogP) is 2.13. The number of H-pyrrole nitrogens is 1. The second-order valence-electron chi connectivity index (χ2n) is 5.58. The molecular weight excluding hydrogens is 316 g/mol. The largest absolute Gasteiger partial charge is 0.367 e. The highest BCUT2D eigenvalue weighted by Crippen LogP contribution is 2.21. The quantitative estimate of drug-likeness (QED) is 0.584. The van der Waals surface area contributed by atoms with Crippen molar-refractivity contribution in [2.75, 3.05) is 11.9 Å². The van der Waals surface area contributed by atoms with Crippen LogP contribution in [0, 0.1) is 0 Å². The van der Waals surface area contributed by atoms with E-state index in [0.29, 0.717) is 23.7 Å². The summed E-state index contributed by atoms with van der Waals surface area (Å²) in [7, 11) is 0. The summed E-state index contributed by atoms with van der Waals surface area (Å²) in [5, 5.41) is 9.87. The minimum Gasteiger partial charge on any atom is -0.367 e. The Labute approximate surface area is 143 Å². The van der Waals surface area contributed by atoms with Gasteiger partial charge in [-0.1, -0.05) is 36.4 Å². The highest BCUT2D eigenvalue weighted by atomic mass is 16.1. The van der Waals surface area contributed by atoms with E-state index < -0.39 is 0 Å². The Morgan fingerprint density at radius 3 is 2.76 bits per heavy atom. The van der Waals surface area contributed by atoms with Gasteiger partial charge in [0.2, 0.25) is 5.65 Å². The number of aromatic amines is 1. The zero-order valence-corrected chi connectivity index (χ0v) is 13.4. The fourth-order valence-corrected chi connectivity index (χ4v) is 2.73. The molecule has 0 atom stereocenters. The number of rotatable bonds is 5. The second-order valence-corrected chi connectivity index (χ2v) is 5.58. The number of hydrogen-bond acceptors (Lipinski definition) is 5. The molecule has 0 fully saturated rings. The number of aromatic nitrogens is 5. The molecule has 7 heteroatoms. The van der Waals surface area contributed by atoms with Gasteiger partial charge in [-0.15, -0.1) is 5.10 Å². The minimum absolute atomic E-state index is 0.286. The molecular formula is C18H16N6O. The van der Waals surface area contributed by atoms with Crippen molar-refractivity contribution in [3.8, 4) is 11.3 Å². The van der Waals surface area contributed by atoms with Crippen molar-refractivity contribution < 1.29 is 0 Å². The van der Waals surface area contributed by atoms with E-state index in [9.17, 15) is 4.79 Å². The molecule has 7 nitrogen and oxygen atoms in total. The molecule has 3 heterocycles. The van der Waals surface area contributed by atoms with Gasteiger partial charge in [0.05, 0.1) is 11.9 Å². The van der Waals surface area contributed by atoms with Crippen LogP contribution in [0.5, 0.6) is 0 Å². The van der Waals surface area contributed by atoms with E-state index >= 15 is 0 Å². The molecule has 0 aliphatic heterocycles. The molecule has 0 saturated carbocycles. The van der Waals surface area contributed by atoms with Crippen LogP contribution in [0.2, 0.25) is 0 Å². The van der Waals surface area contributed by atoms with Crippen LogP contribution >= 0.6 is 0 Å². The minimum atomic E-state index is -0.286. The number of benzene rings is 1. The number of pyridine rings is 1. The Morgan fingerprint density at radius 1 is 1.08 bits per heavy atom. The fraction of sp³-hybridized carbons (Fsp3) is 0.111. The zero-order chi connectivity index (χ0) is 17.1. The summed E-state index contributed by atoms with van der Waals surface area (Å²) in [5.74, 6) is 0.571. The number of hydrogen-bond donors (Lipinski definition) is 2. The number of anilines is 1. The molecule has 0 aliphatic rings. The standard InChI is InChI=1S/C18H16N6O/c25-18-23-22-17-16(20-10-8-13-5-4-9-19-11-13)21-12-15(24(17)18)14-6-2-1-3-7-14/h1-7,9,11-12H,8,10H2,(H,20,21)(H,23,25). The molecule has 4 aromatic rings. The van der Waals surface area contributed by atoms with Gasteiger partial charge in [0.15, 0.2) is 5.82 Å². The topological polar surface area (TPSA) is 88.0 Å². The lowest BCUT2D eigenvalue weighted by Gasteiger charge is -2.09. The molecule has 0 radical (unpaired) electrons. The van der Waals surface area contributed by atoms with Crippen LogP contribution in [0.1, 0.15) is 5.56 Å². The van der Waals surface area contributed by atoms with Crippen LogP contribution in [-0.2, 0) is 6.42 Å². The van der Waals surface area contributed by atoms with Crippen molar-refractivity contribution in [2.24, 2.45) is 0 Å². The molecule has 0 aliphatic carbocycles. The molecule has 0 spiro atoms. The van der Waals surface area contributed by atoms with Crippen molar-refractivity contribution in [1.82, 2.24) is 24.6 Å². The lowest BCUT2D eigenvalue weighted by atomic mass is 10.1. The Bertz CT molecular complexity index is 1040. The summed E-state index contributed by atoms with van der Waals surface area (Å²) < 4.78 is 1.54. The molecule has 0 amide bonds. The summed E-state index contributed by atoms with van der Waals surface area (Å²) in [6, 6.07) is 13.6. The third-order valence-corrected chi connectivity index (χ3v) is 3.94. The molecule has 2 N–H and O–H groups in total. The van der Waals surface area contributed by atoms with Gasteiger partial charge >= 0.3 is 5.69 Å². The summed E-state index contributed by atoms with van der Waals surface area (Å²) in [4.78, 5) is 20.8. The van der Waals surface area contributed by atoms with Crippen LogP contribution in [0.4, 0.5) is 5.82 Å². The maximum Gasteiger partial charge on any atom is 0.348 e. The maximum atomic E-state index is 12.2. The van der Waals surface area contributed by atoms with E-state index in [1.54, 1.807) is 12.4 Å². The van der Waals surface area contributed by atoms with E-state index in [-0.39, 0.29) is 5.69 Å². The Balaban J connectivity index is 1.64. The van der Waals surface area contributed by atoms with Crippen molar-refractivity contribution in [1.29, 1.82) is 0 Å². The molecule has 0 saturated heterocycles. The van der Waals surface area contributed by atoms with Crippen LogP contribution in [0.15, 0.2) is 65.8 Å². The molecule has 0 bridgehead atoms. The van der Waals surface area contributed by atoms with E-state index in [2.05, 4.69) is 25.5 Å². The lowest BCUT2D eigenvalue weighted by Crippen LogP contribution is -2.14. The van der Waals surface area contributed by atoms with E-state index in [1.165, 1.54) is 4.40 Å². The normalized spacial score (nSPS) is 10.9. The van der Waals surface area contributed by atoms with Gasteiger partial charge in [-0.05, 0) is 18.1 Å². The third kappa shape index (κ3) is 2.99. The summed E-state index contributed by atoms with van der Waals surface area (Å²) >= 11 is 0. The van der Waals surface area contributed by atoms with Crippen molar-refractivity contribution in [3.05, 3.63) is 77.1 Å². The summed E-state index contributed by atoms with van der Waals surface area (Å²) in [6.07, 6.45) is 6.07.